The van der Waals surface area contributed by atoms with Crippen LogP contribution in [0.3, 0.4) is 0 Å². The first-order chi connectivity index (χ1) is 13.2. The number of hydrogen-bond donors (Lipinski definition) is 3. The highest BCUT2D eigenvalue weighted by Crippen LogP contribution is 2.35. The number of nitrogens with two attached hydrogens (primary N) is 1. The van der Waals surface area contributed by atoms with Gasteiger partial charge in [0.25, 0.3) is 11.8 Å². The van der Waals surface area contributed by atoms with Gasteiger partial charge in [-0.15, -0.1) is 0 Å². The molecule has 1 aliphatic heterocycles. The average Bonchev–Trinajstić information content (AvgIpc) is 2.88. The number of carbonyl (C=O) groups is 4. The smallest absolute Gasteiger partial charge is 0.344 e. The minimum Gasteiger partial charge on any atom is -0.452 e. The predicted octanol–water partition coefficient (Wildman–Crippen LogP) is 1.61. The zero-order valence-corrected chi connectivity index (χ0v) is 16.0. The molecule has 28 heavy (non-hydrogen) atoms. The second kappa shape index (κ2) is 7.67. The molecule has 1 spiro atoms. The van der Waals surface area contributed by atoms with Crippen LogP contribution in [0.25, 0.3) is 0 Å². The van der Waals surface area contributed by atoms with E-state index in [0.29, 0.717) is 23.8 Å². The number of nitrogens with zero attached hydrogens (tertiary/aromatic N) is 1. The van der Waals surface area contributed by atoms with Gasteiger partial charge < -0.3 is 15.8 Å². The molecule has 1 saturated carbocycles. The Bertz CT molecular complexity index is 835. The van der Waals surface area contributed by atoms with Crippen LogP contribution in [0.4, 0.5) is 10.5 Å². The SMILES string of the molecule is CC1CCC2(CC1)NC(=O)N(NC(=O)COC(=O)c1cc(Cl)ccc1N)C2=O. The Balaban J connectivity index is 1.57. The van der Waals surface area contributed by atoms with Crippen LogP contribution in [-0.4, -0.2) is 41.0 Å². The van der Waals surface area contributed by atoms with Crippen LogP contribution in [-0.2, 0) is 14.3 Å². The van der Waals surface area contributed by atoms with Gasteiger partial charge in [-0.05, 0) is 49.8 Å². The summed E-state index contributed by atoms with van der Waals surface area (Å²) in [5.41, 5.74) is 7.08. The number of carbonyl (C=O) groups excluding carboxylic acids is 4. The van der Waals surface area contributed by atoms with Crippen LogP contribution < -0.4 is 16.5 Å². The summed E-state index contributed by atoms with van der Waals surface area (Å²) in [5, 5.41) is 3.62. The van der Waals surface area contributed by atoms with Gasteiger partial charge in [-0.25, -0.2) is 9.59 Å². The molecule has 2 fully saturated rings. The number of urea groups is 1. The molecular formula is C18H21ClN4O5. The Hall–Kier alpha value is -2.81. The molecule has 150 valence electrons. The van der Waals surface area contributed by atoms with Crippen molar-refractivity contribution in [1.82, 2.24) is 15.8 Å². The fourth-order valence-corrected chi connectivity index (χ4v) is 3.56. The van der Waals surface area contributed by atoms with Crippen LogP contribution in [0.1, 0.15) is 43.0 Å². The number of nitrogen functional groups attached to an aromatic ring is 1. The monoisotopic (exact) mass is 408 g/mol. The van der Waals surface area contributed by atoms with Crippen molar-refractivity contribution >= 4 is 41.1 Å². The van der Waals surface area contributed by atoms with E-state index in [1.54, 1.807) is 0 Å². The molecule has 10 heteroatoms. The van der Waals surface area contributed by atoms with Gasteiger partial charge in [0, 0.05) is 10.7 Å². The van der Waals surface area contributed by atoms with Crippen LogP contribution in [0.15, 0.2) is 18.2 Å². The van der Waals surface area contributed by atoms with E-state index in [4.69, 9.17) is 22.1 Å². The van der Waals surface area contributed by atoms with E-state index in [2.05, 4.69) is 17.7 Å². The number of ether oxygens (including phenoxy) is 1. The molecule has 0 bridgehead atoms. The Morgan fingerprint density at radius 2 is 2.04 bits per heavy atom. The zero-order valence-electron chi connectivity index (χ0n) is 15.3. The maximum atomic E-state index is 12.7. The maximum Gasteiger partial charge on any atom is 0.344 e. The minimum atomic E-state index is -0.969. The van der Waals surface area contributed by atoms with E-state index >= 15 is 0 Å². The molecule has 3 rings (SSSR count). The van der Waals surface area contributed by atoms with Gasteiger partial charge in [-0.3, -0.25) is 15.0 Å². The number of halogens is 1. The number of nitrogens with one attached hydrogen (secondary N) is 2. The third-order valence-electron chi connectivity index (χ3n) is 5.10. The van der Waals surface area contributed by atoms with Crippen molar-refractivity contribution in [3.63, 3.8) is 0 Å². The van der Waals surface area contributed by atoms with E-state index in [9.17, 15) is 19.2 Å². The molecule has 1 aromatic rings. The van der Waals surface area contributed by atoms with Gasteiger partial charge in [-0.2, -0.15) is 5.01 Å². The van der Waals surface area contributed by atoms with Gasteiger partial charge >= 0.3 is 12.0 Å². The minimum absolute atomic E-state index is 0.0190. The highest BCUT2D eigenvalue weighted by Gasteiger charge is 2.52. The van der Waals surface area contributed by atoms with Crippen LogP contribution in [0.5, 0.6) is 0 Å². The first-order valence-electron chi connectivity index (χ1n) is 8.90. The number of amides is 4. The van der Waals surface area contributed by atoms with Gasteiger partial charge in [0.1, 0.15) is 5.54 Å². The van der Waals surface area contributed by atoms with E-state index < -0.39 is 36.0 Å². The van der Waals surface area contributed by atoms with E-state index in [1.807, 2.05) is 0 Å². The summed E-state index contributed by atoms with van der Waals surface area (Å²) >= 11 is 5.82. The van der Waals surface area contributed by atoms with Crippen molar-refractivity contribution in [1.29, 1.82) is 0 Å². The summed E-state index contributed by atoms with van der Waals surface area (Å²) in [4.78, 5) is 49.0. The normalized spacial score (nSPS) is 24.2. The lowest BCUT2D eigenvalue weighted by atomic mass is 9.77. The average molecular weight is 409 g/mol. The molecule has 0 unspecified atom stereocenters. The molecular weight excluding hydrogens is 388 g/mol. The van der Waals surface area contributed by atoms with Gasteiger partial charge in [-0.1, -0.05) is 18.5 Å². The highest BCUT2D eigenvalue weighted by atomic mass is 35.5. The maximum absolute atomic E-state index is 12.7. The number of hydrazine groups is 1. The molecule has 1 aliphatic carbocycles. The summed E-state index contributed by atoms with van der Waals surface area (Å²) in [6.07, 6.45) is 2.67. The third kappa shape index (κ3) is 3.89. The van der Waals surface area contributed by atoms with Crippen molar-refractivity contribution in [2.75, 3.05) is 12.3 Å². The van der Waals surface area contributed by atoms with Crippen LogP contribution in [0, 0.1) is 5.92 Å². The molecule has 0 aromatic heterocycles. The number of rotatable bonds is 4. The zero-order chi connectivity index (χ0) is 20.5. The van der Waals surface area contributed by atoms with Gasteiger partial charge in [0.2, 0.25) is 0 Å². The Kier molecular flexibility index (Phi) is 5.46. The second-order valence-electron chi connectivity index (χ2n) is 7.18. The Morgan fingerprint density at radius 1 is 1.36 bits per heavy atom. The summed E-state index contributed by atoms with van der Waals surface area (Å²) < 4.78 is 4.90. The Morgan fingerprint density at radius 3 is 2.71 bits per heavy atom. The predicted molar refractivity (Wildman–Crippen MR) is 100 cm³/mol. The molecule has 0 atom stereocenters. The first-order valence-corrected chi connectivity index (χ1v) is 9.28. The highest BCUT2D eigenvalue weighted by molar-refractivity contribution is 6.31. The number of anilines is 1. The molecule has 2 aliphatic rings. The molecule has 1 heterocycles. The van der Waals surface area contributed by atoms with Crippen LogP contribution in [0.2, 0.25) is 5.02 Å². The lowest BCUT2D eigenvalue weighted by Gasteiger charge is -2.33. The molecule has 1 saturated heterocycles. The van der Waals surface area contributed by atoms with Gasteiger partial charge in [0.05, 0.1) is 5.56 Å². The van der Waals surface area contributed by atoms with E-state index in [1.165, 1.54) is 18.2 Å². The summed E-state index contributed by atoms with van der Waals surface area (Å²) in [5.74, 6) is -1.68. The van der Waals surface area contributed by atoms with Crippen molar-refractivity contribution in [3.8, 4) is 0 Å². The van der Waals surface area contributed by atoms with E-state index in [-0.39, 0.29) is 16.3 Å². The number of imide groups is 1. The fourth-order valence-electron chi connectivity index (χ4n) is 3.39. The first kappa shape index (κ1) is 19.9. The molecule has 0 radical (unpaired) electrons. The molecule has 1 aromatic carbocycles. The number of hydrogen-bond acceptors (Lipinski definition) is 6. The summed E-state index contributed by atoms with van der Waals surface area (Å²) in [7, 11) is 0. The fraction of sp³-hybridized carbons (Fsp3) is 0.444. The number of benzene rings is 1. The lowest BCUT2D eigenvalue weighted by Crippen LogP contribution is -2.52. The van der Waals surface area contributed by atoms with Crippen molar-refractivity contribution in [2.24, 2.45) is 5.92 Å². The third-order valence-corrected chi connectivity index (χ3v) is 5.33. The van der Waals surface area contributed by atoms with Crippen molar-refractivity contribution < 1.29 is 23.9 Å². The quantitative estimate of drug-likeness (QED) is 0.394. The molecule has 4 N–H and O–H groups in total. The lowest BCUT2D eigenvalue weighted by molar-refractivity contribution is -0.141. The second-order valence-corrected chi connectivity index (χ2v) is 7.61. The van der Waals surface area contributed by atoms with Crippen molar-refractivity contribution in [3.05, 3.63) is 28.8 Å². The number of esters is 1. The van der Waals surface area contributed by atoms with E-state index in [0.717, 1.165) is 12.8 Å². The largest absolute Gasteiger partial charge is 0.452 e. The summed E-state index contributed by atoms with van der Waals surface area (Å²) in [6.45, 7) is 1.40. The van der Waals surface area contributed by atoms with Gasteiger partial charge in [0.15, 0.2) is 6.61 Å². The standard InChI is InChI=1S/C18H21ClN4O5/c1-10-4-6-18(7-5-10)16(26)23(17(27)21-18)22-14(24)9-28-15(25)12-8-11(19)2-3-13(12)20/h2-3,8,10H,4-7,9,20H2,1H3,(H,21,27)(H,22,24). The van der Waals surface area contributed by atoms with Crippen LogP contribution >= 0.6 is 11.6 Å². The topological polar surface area (TPSA) is 131 Å². The summed E-state index contributed by atoms with van der Waals surface area (Å²) in [6, 6.07) is 3.58. The van der Waals surface area contributed by atoms with Crippen molar-refractivity contribution in [2.45, 2.75) is 38.1 Å². The molecule has 4 amide bonds. The Labute approximate surface area is 166 Å². The molecule has 9 nitrogen and oxygen atoms in total.